The topological polar surface area (TPSA) is 84.2 Å². The van der Waals surface area contributed by atoms with Gasteiger partial charge in [0, 0.05) is 46.3 Å². The first-order valence-electron chi connectivity index (χ1n) is 7.75. The fourth-order valence-electron chi connectivity index (χ4n) is 3.26. The van der Waals surface area contributed by atoms with Crippen LogP contribution in [-0.4, -0.2) is 62.0 Å². The summed E-state index contributed by atoms with van der Waals surface area (Å²) in [7, 11) is 5.12. The number of hydrogen-bond donors (Lipinski definition) is 0. The molecule has 8 heteroatoms. The lowest BCUT2D eigenvalue weighted by atomic mass is 9.90. The maximum Gasteiger partial charge on any atom is 0.258 e. The summed E-state index contributed by atoms with van der Waals surface area (Å²) in [4.78, 5) is 37.6. The Balaban J connectivity index is 2.10. The van der Waals surface area contributed by atoms with Crippen LogP contribution in [0.4, 0.5) is 0 Å². The smallest absolute Gasteiger partial charge is 0.258 e. The van der Waals surface area contributed by atoms with Gasteiger partial charge in [0.15, 0.2) is 5.54 Å². The van der Waals surface area contributed by atoms with Crippen LogP contribution in [0.5, 0.6) is 0 Å². The van der Waals surface area contributed by atoms with Crippen molar-refractivity contribution in [2.45, 2.75) is 18.4 Å². The Morgan fingerprint density at radius 1 is 1.25 bits per heavy atom. The molecule has 0 radical (unpaired) electrons. The summed E-state index contributed by atoms with van der Waals surface area (Å²) < 4.78 is 1.57. The highest BCUT2D eigenvalue weighted by atomic mass is 16.2. The van der Waals surface area contributed by atoms with E-state index < -0.39 is 5.54 Å². The van der Waals surface area contributed by atoms with Crippen molar-refractivity contribution in [2.24, 2.45) is 7.05 Å². The Labute approximate surface area is 140 Å². The average molecular weight is 328 g/mol. The normalized spacial score (nSPS) is 20.2. The summed E-state index contributed by atoms with van der Waals surface area (Å²) in [5.41, 5.74) is -0.164. The molecule has 0 unspecified atom stereocenters. The van der Waals surface area contributed by atoms with Crippen LogP contribution in [0, 0.1) is 0 Å². The Morgan fingerprint density at radius 2 is 2.04 bits per heavy atom. The lowest BCUT2D eigenvalue weighted by Crippen LogP contribution is -2.55. The maximum atomic E-state index is 13.1. The fraction of sp³-hybridized carbons (Fsp3) is 0.438. The SMILES string of the molecule is CN(C)C(=O)[C@]1(c2cnccn2)CCCN1C(=O)c1cnn(C)c1. The summed E-state index contributed by atoms with van der Waals surface area (Å²) in [5, 5.41) is 4.06. The molecule has 2 aromatic heterocycles. The van der Waals surface area contributed by atoms with Crippen LogP contribution in [0.3, 0.4) is 0 Å². The van der Waals surface area contributed by atoms with Gasteiger partial charge in [-0.1, -0.05) is 0 Å². The largest absolute Gasteiger partial charge is 0.346 e. The number of carbonyl (C=O) groups excluding carboxylic acids is 2. The molecule has 3 heterocycles. The number of amides is 2. The number of rotatable bonds is 3. The molecule has 0 aliphatic carbocycles. The third-order valence-electron chi connectivity index (χ3n) is 4.32. The van der Waals surface area contributed by atoms with E-state index in [0.29, 0.717) is 24.2 Å². The maximum absolute atomic E-state index is 13.1. The van der Waals surface area contributed by atoms with Crippen LogP contribution in [0.1, 0.15) is 28.9 Å². The van der Waals surface area contributed by atoms with Gasteiger partial charge in [0.1, 0.15) is 0 Å². The zero-order chi connectivity index (χ0) is 17.3. The molecule has 2 aromatic rings. The predicted octanol–water partition coefficient (Wildman–Crippen LogP) is 0.430. The summed E-state index contributed by atoms with van der Waals surface area (Å²) in [6, 6.07) is 0. The van der Waals surface area contributed by atoms with E-state index in [1.165, 1.54) is 11.1 Å². The number of aryl methyl sites for hydroxylation is 1. The van der Waals surface area contributed by atoms with Crippen molar-refractivity contribution >= 4 is 11.8 Å². The third-order valence-corrected chi connectivity index (χ3v) is 4.32. The number of carbonyl (C=O) groups is 2. The van der Waals surface area contributed by atoms with E-state index in [-0.39, 0.29) is 11.8 Å². The first-order valence-corrected chi connectivity index (χ1v) is 7.75. The van der Waals surface area contributed by atoms with Crippen LogP contribution in [0.15, 0.2) is 31.0 Å². The Bertz CT molecular complexity index is 757. The summed E-state index contributed by atoms with van der Waals surface area (Å²) in [6.45, 7) is 0.490. The van der Waals surface area contributed by atoms with Crippen molar-refractivity contribution in [3.8, 4) is 0 Å². The quantitative estimate of drug-likeness (QED) is 0.816. The van der Waals surface area contributed by atoms with E-state index in [1.807, 2.05) is 0 Å². The first kappa shape index (κ1) is 16.1. The van der Waals surface area contributed by atoms with Crippen LogP contribution in [-0.2, 0) is 17.4 Å². The first-order chi connectivity index (χ1) is 11.5. The second kappa shape index (κ2) is 6.03. The molecule has 0 bridgehead atoms. The molecule has 0 N–H and O–H groups in total. The van der Waals surface area contributed by atoms with E-state index in [0.717, 1.165) is 6.42 Å². The van der Waals surface area contributed by atoms with Gasteiger partial charge in [0.25, 0.3) is 11.8 Å². The molecule has 2 amide bonds. The zero-order valence-electron chi connectivity index (χ0n) is 14.0. The lowest BCUT2D eigenvalue weighted by Gasteiger charge is -2.38. The zero-order valence-corrected chi connectivity index (χ0v) is 14.0. The molecule has 1 aliphatic rings. The van der Waals surface area contributed by atoms with Crippen molar-refractivity contribution in [2.75, 3.05) is 20.6 Å². The standard InChI is InChI=1S/C16H20N6O2/c1-20(2)15(24)16(13-10-17-6-7-18-13)5-4-8-22(16)14(23)12-9-19-21(3)11-12/h6-7,9-11H,4-5,8H2,1-3H3/t16-/m1/s1. The van der Waals surface area contributed by atoms with E-state index in [4.69, 9.17) is 0 Å². The van der Waals surface area contributed by atoms with Crippen LogP contribution in [0.25, 0.3) is 0 Å². The molecular weight excluding hydrogens is 308 g/mol. The Morgan fingerprint density at radius 3 is 2.62 bits per heavy atom. The average Bonchev–Trinajstić information content (AvgIpc) is 3.21. The number of hydrogen-bond acceptors (Lipinski definition) is 5. The highest BCUT2D eigenvalue weighted by Gasteiger charge is 2.53. The second-order valence-corrected chi connectivity index (χ2v) is 6.11. The Kier molecular flexibility index (Phi) is 4.04. The molecular formula is C16H20N6O2. The summed E-state index contributed by atoms with van der Waals surface area (Å²) >= 11 is 0. The van der Waals surface area contributed by atoms with E-state index in [9.17, 15) is 9.59 Å². The molecule has 0 saturated carbocycles. The molecule has 1 aliphatic heterocycles. The number of aromatic nitrogens is 4. The van der Waals surface area contributed by atoms with Gasteiger partial charge < -0.3 is 9.80 Å². The fourth-order valence-corrected chi connectivity index (χ4v) is 3.26. The summed E-state index contributed by atoms with van der Waals surface area (Å²) in [5.74, 6) is -0.390. The van der Waals surface area contributed by atoms with Crippen LogP contribution >= 0.6 is 0 Å². The van der Waals surface area contributed by atoms with Gasteiger partial charge >= 0.3 is 0 Å². The molecule has 1 saturated heterocycles. The van der Waals surface area contributed by atoms with Gasteiger partial charge in [-0.3, -0.25) is 24.2 Å². The molecule has 24 heavy (non-hydrogen) atoms. The third kappa shape index (κ3) is 2.44. The second-order valence-electron chi connectivity index (χ2n) is 6.11. The van der Waals surface area contributed by atoms with Crippen molar-refractivity contribution in [3.05, 3.63) is 42.2 Å². The minimum absolute atomic E-state index is 0.169. The van der Waals surface area contributed by atoms with Gasteiger partial charge in [0.2, 0.25) is 0 Å². The lowest BCUT2D eigenvalue weighted by molar-refractivity contribution is -0.140. The number of nitrogens with zero attached hydrogens (tertiary/aromatic N) is 6. The van der Waals surface area contributed by atoms with Gasteiger partial charge in [-0.05, 0) is 12.8 Å². The molecule has 0 aromatic carbocycles. The molecule has 126 valence electrons. The van der Waals surface area contributed by atoms with Crippen molar-refractivity contribution in [3.63, 3.8) is 0 Å². The van der Waals surface area contributed by atoms with Gasteiger partial charge in [-0.25, -0.2) is 0 Å². The monoisotopic (exact) mass is 328 g/mol. The highest BCUT2D eigenvalue weighted by molar-refractivity contribution is 5.99. The van der Waals surface area contributed by atoms with Gasteiger partial charge in [-0.2, -0.15) is 5.10 Å². The van der Waals surface area contributed by atoms with Gasteiger partial charge in [-0.15, -0.1) is 0 Å². The molecule has 3 rings (SSSR count). The van der Waals surface area contributed by atoms with E-state index in [1.54, 1.807) is 55.5 Å². The van der Waals surface area contributed by atoms with Crippen molar-refractivity contribution in [1.29, 1.82) is 0 Å². The van der Waals surface area contributed by atoms with Crippen LogP contribution in [0.2, 0.25) is 0 Å². The molecule has 1 fully saturated rings. The predicted molar refractivity (Wildman–Crippen MR) is 85.9 cm³/mol. The van der Waals surface area contributed by atoms with E-state index in [2.05, 4.69) is 15.1 Å². The number of likely N-dealkylation sites (tertiary alicyclic amines) is 1. The number of likely N-dealkylation sites (N-methyl/N-ethyl adjacent to an activating group) is 1. The molecule has 1 atom stereocenters. The molecule has 0 spiro atoms. The van der Waals surface area contributed by atoms with E-state index >= 15 is 0 Å². The minimum atomic E-state index is -1.12. The summed E-state index contributed by atoms with van der Waals surface area (Å²) in [6.07, 6.45) is 9.09. The van der Waals surface area contributed by atoms with Crippen LogP contribution < -0.4 is 0 Å². The van der Waals surface area contributed by atoms with Crippen molar-refractivity contribution < 1.29 is 9.59 Å². The van der Waals surface area contributed by atoms with Gasteiger partial charge in [0.05, 0.1) is 23.7 Å². The highest BCUT2D eigenvalue weighted by Crippen LogP contribution is 2.40. The Hall–Kier alpha value is -2.77. The minimum Gasteiger partial charge on any atom is -0.346 e. The van der Waals surface area contributed by atoms with Crippen molar-refractivity contribution in [1.82, 2.24) is 29.5 Å². The molecule has 8 nitrogen and oxygen atoms in total.